The molecule has 0 aliphatic rings. The molecule has 0 spiro atoms. The lowest BCUT2D eigenvalue weighted by molar-refractivity contribution is 0.102. The number of anilines is 1. The van der Waals surface area contributed by atoms with Gasteiger partial charge in [-0.3, -0.25) is 4.79 Å². The van der Waals surface area contributed by atoms with Crippen molar-refractivity contribution in [3.05, 3.63) is 109 Å². The lowest BCUT2D eigenvalue weighted by Crippen LogP contribution is -2.12. The maximum absolute atomic E-state index is 12.9. The molecule has 1 aromatic heterocycles. The quantitative estimate of drug-likeness (QED) is 0.254. The molecule has 4 nitrogen and oxygen atoms in total. The second kappa shape index (κ2) is 10.0. The Morgan fingerprint density at radius 2 is 1.29 bits per heavy atom. The van der Waals surface area contributed by atoms with Crippen molar-refractivity contribution in [2.75, 3.05) is 5.32 Å². The van der Waals surface area contributed by atoms with Crippen molar-refractivity contribution in [2.45, 2.75) is 10.7 Å². The number of hydrogen-bond donors (Lipinski definition) is 1. The fraction of sp³-hybridized carbons (Fsp3) is 0.0357. The first kappa shape index (κ1) is 22.7. The number of nitrogens with zero attached hydrogens (tertiary/aromatic N) is 2. The zero-order chi connectivity index (χ0) is 24.2. The summed E-state index contributed by atoms with van der Waals surface area (Å²) in [6.45, 7) is 0. The molecule has 172 valence electrons. The molecular weight excluding hydrogens is 464 g/mol. The average molecular weight is 484 g/mol. The van der Waals surface area contributed by atoms with Crippen LogP contribution in [0.4, 0.5) is 14.5 Å². The first-order valence-electron chi connectivity index (χ1n) is 10.9. The number of benzene rings is 4. The monoisotopic (exact) mass is 483 g/mol. The van der Waals surface area contributed by atoms with Crippen LogP contribution in [-0.4, -0.2) is 21.6 Å². The molecular formula is C28H19F2N3OS. The van der Waals surface area contributed by atoms with E-state index in [0.717, 1.165) is 22.5 Å². The summed E-state index contributed by atoms with van der Waals surface area (Å²) >= 11 is 0.461. The van der Waals surface area contributed by atoms with E-state index in [1.807, 2.05) is 60.7 Å². The fourth-order valence-electron chi connectivity index (χ4n) is 3.71. The summed E-state index contributed by atoms with van der Waals surface area (Å²) in [6, 6.07) is 31.2. The molecule has 7 heteroatoms. The van der Waals surface area contributed by atoms with Crippen molar-refractivity contribution in [3.8, 4) is 22.5 Å². The second-order valence-electron chi connectivity index (χ2n) is 7.71. The topological polar surface area (TPSA) is 54.9 Å². The highest BCUT2D eigenvalue weighted by Gasteiger charge is 2.15. The minimum absolute atomic E-state index is 0.323. The van der Waals surface area contributed by atoms with Gasteiger partial charge in [-0.15, -0.1) is 0 Å². The van der Waals surface area contributed by atoms with Crippen LogP contribution in [0.1, 0.15) is 10.4 Å². The zero-order valence-electron chi connectivity index (χ0n) is 18.4. The van der Waals surface area contributed by atoms with Crippen LogP contribution in [0.5, 0.6) is 0 Å². The third-order valence-electron chi connectivity index (χ3n) is 5.36. The molecule has 0 saturated heterocycles. The molecule has 1 heterocycles. The largest absolute Gasteiger partial charge is 0.322 e. The Morgan fingerprint density at radius 3 is 1.86 bits per heavy atom. The van der Waals surface area contributed by atoms with Gasteiger partial charge in [-0.05, 0) is 42.5 Å². The minimum Gasteiger partial charge on any atom is -0.322 e. The van der Waals surface area contributed by atoms with Gasteiger partial charge in [-0.1, -0.05) is 72.4 Å². The van der Waals surface area contributed by atoms with Crippen LogP contribution < -0.4 is 5.32 Å². The van der Waals surface area contributed by atoms with Crippen LogP contribution in [-0.2, 0) is 0 Å². The van der Waals surface area contributed by atoms with E-state index in [2.05, 4.69) is 5.32 Å². The Hall–Kier alpha value is -4.10. The highest BCUT2D eigenvalue weighted by Crippen LogP contribution is 2.31. The Kier molecular flexibility index (Phi) is 6.50. The van der Waals surface area contributed by atoms with Gasteiger partial charge in [-0.25, -0.2) is 9.97 Å². The maximum atomic E-state index is 12.9. The van der Waals surface area contributed by atoms with Crippen molar-refractivity contribution in [1.82, 2.24) is 9.97 Å². The molecule has 0 saturated carbocycles. The third-order valence-corrected chi connectivity index (χ3v) is 6.08. The number of nitrogens with one attached hydrogen (secondary N) is 1. The van der Waals surface area contributed by atoms with Gasteiger partial charge in [-0.2, -0.15) is 8.78 Å². The molecule has 5 aromatic rings. The lowest BCUT2D eigenvalue weighted by atomic mass is 10.0. The van der Waals surface area contributed by atoms with Gasteiger partial charge in [0.25, 0.3) is 11.7 Å². The highest BCUT2D eigenvalue weighted by atomic mass is 32.2. The summed E-state index contributed by atoms with van der Waals surface area (Å²) in [5, 5.41) is 2.80. The normalized spacial score (nSPS) is 11.1. The van der Waals surface area contributed by atoms with Crippen LogP contribution in [0.25, 0.3) is 33.5 Å². The molecule has 35 heavy (non-hydrogen) atoms. The number of aromatic nitrogens is 2. The Morgan fingerprint density at radius 1 is 0.714 bits per heavy atom. The van der Waals surface area contributed by atoms with E-state index in [1.165, 1.54) is 0 Å². The van der Waals surface area contributed by atoms with Gasteiger partial charge in [0, 0.05) is 27.3 Å². The molecule has 0 radical (unpaired) electrons. The summed E-state index contributed by atoms with van der Waals surface area (Å²) < 4.78 is 25.0. The van der Waals surface area contributed by atoms with Crippen molar-refractivity contribution in [1.29, 1.82) is 0 Å². The highest BCUT2D eigenvalue weighted by molar-refractivity contribution is 7.99. The van der Waals surface area contributed by atoms with E-state index in [4.69, 9.17) is 9.97 Å². The molecule has 5 rings (SSSR count). The molecule has 4 aromatic carbocycles. The molecule has 1 amide bonds. The van der Waals surface area contributed by atoms with Crippen molar-refractivity contribution >= 4 is 34.4 Å². The van der Waals surface area contributed by atoms with Crippen molar-refractivity contribution < 1.29 is 13.6 Å². The van der Waals surface area contributed by atoms with Gasteiger partial charge in [0.1, 0.15) is 0 Å². The van der Waals surface area contributed by atoms with Gasteiger partial charge < -0.3 is 5.32 Å². The summed E-state index contributed by atoms with van der Waals surface area (Å²) in [5.74, 6) is -2.81. The van der Waals surface area contributed by atoms with Gasteiger partial charge in [0.2, 0.25) is 0 Å². The number of halogens is 2. The zero-order valence-corrected chi connectivity index (χ0v) is 19.2. The van der Waals surface area contributed by atoms with Crippen LogP contribution in [0.3, 0.4) is 0 Å². The molecule has 0 atom stereocenters. The van der Waals surface area contributed by atoms with Crippen LogP contribution in [0, 0.1) is 0 Å². The summed E-state index contributed by atoms with van der Waals surface area (Å²) in [6.07, 6.45) is 0. The van der Waals surface area contributed by atoms with E-state index < -0.39 is 5.76 Å². The van der Waals surface area contributed by atoms with E-state index in [1.54, 1.807) is 42.5 Å². The van der Waals surface area contributed by atoms with Crippen LogP contribution >= 0.6 is 11.8 Å². The van der Waals surface area contributed by atoms with Crippen LogP contribution in [0.2, 0.25) is 0 Å². The lowest BCUT2D eigenvalue weighted by Gasteiger charge is -2.12. The maximum Gasteiger partial charge on any atom is 0.288 e. The standard InChI is InChI=1S/C28H19F2N3OS/c29-28(30)35-22-14-12-21(13-15-22)31-27(34)20-11-16-23-24(17-20)33-26(19-9-5-2-6-10-19)25(32-23)18-7-3-1-4-8-18/h1-17,28H,(H,31,34). The van der Waals surface area contributed by atoms with Gasteiger partial charge in [0.05, 0.1) is 22.4 Å². The number of amides is 1. The number of hydrogen-bond acceptors (Lipinski definition) is 4. The number of carbonyl (C=O) groups excluding carboxylic acids is 1. The SMILES string of the molecule is O=C(Nc1ccc(SC(F)F)cc1)c1ccc2nc(-c3ccccc3)c(-c3ccccc3)nc2c1. The van der Waals surface area contributed by atoms with Gasteiger partial charge >= 0.3 is 0 Å². The van der Waals surface area contributed by atoms with Crippen LogP contribution in [0.15, 0.2) is 108 Å². The Bertz CT molecular complexity index is 1480. The first-order valence-corrected chi connectivity index (χ1v) is 11.7. The average Bonchev–Trinajstić information content (AvgIpc) is 2.89. The van der Waals surface area contributed by atoms with E-state index in [0.29, 0.717) is 38.9 Å². The predicted molar refractivity (Wildman–Crippen MR) is 137 cm³/mol. The molecule has 1 N–H and O–H groups in total. The van der Waals surface area contributed by atoms with E-state index in [-0.39, 0.29) is 5.91 Å². The minimum atomic E-state index is -2.49. The van der Waals surface area contributed by atoms with Gasteiger partial charge in [0.15, 0.2) is 0 Å². The van der Waals surface area contributed by atoms with Crippen molar-refractivity contribution in [3.63, 3.8) is 0 Å². The number of fused-ring (bicyclic) bond motifs is 1. The summed E-state index contributed by atoms with van der Waals surface area (Å²) in [7, 11) is 0. The molecule has 0 unspecified atom stereocenters. The smallest absolute Gasteiger partial charge is 0.288 e. The van der Waals surface area contributed by atoms with Crippen molar-refractivity contribution in [2.24, 2.45) is 0 Å². The molecule has 0 bridgehead atoms. The molecule has 0 aliphatic heterocycles. The second-order valence-corrected chi connectivity index (χ2v) is 8.78. The predicted octanol–water partition coefficient (Wildman–Crippen LogP) is 7.53. The molecule has 0 aliphatic carbocycles. The van der Waals surface area contributed by atoms with E-state index >= 15 is 0 Å². The third kappa shape index (κ3) is 5.20. The molecule has 0 fully saturated rings. The summed E-state index contributed by atoms with van der Waals surface area (Å²) in [4.78, 5) is 23.1. The Balaban J connectivity index is 1.49. The number of rotatable bonds is 6. The number of alkyl halides is 2. The fourth-order valence-corrected chi connectivity index (χ4v) is 4.21. The number of thioether (sulfide) groups is 1. The summed E-state index contributed by atoms with van der Waals surface area (Å²) in [5.41, 5.74) is 5.59. The Labute approximate surface area is 205 Å². The first-order chi connectivity index (χ1) is 17.1. The van der Waals surface area contributed by atoms with E-state index in [9.17, 15) is 13.6 Å². The number of carbonyl (C=O) groups is 1.